The number of rotatable bonds is 4. The second-order valence-corrected chi connectivity index (χ2v) is 6.31. The lowest BCUT2D eigenvalue weighted by Gasteiger charge is -2.12. The summed E-state index contributed by atoms with van der Waals surface area (Å²) in [5.41, 5.74) is 2.84. The van der Waals surface area contributed by atoms with E-state index in [-0.39, 0.29) is 5.56 Å². The minimum absolute atomic E-state index is 0.0210. The molecule has 0 unspecified atom stereocenters. The molecule has 0 spiro atoms. The van der Waals surface area contributed by atoms with Gasteiger partial charge in [-0.25, -0.2) is 4.39 Å². The van der Waals surface area contributed by atoms with Gasteiger partial charge in [0.1, 0.15) is 5.82 Å². The Morgan fingerprint density at radius 3 is 2.42 bits per heavy atom. The molecule has 0 radical (unpaired) electrons. The van der Waals surface area contributed by atoms with Gasteiger partial charge in [-0.15, -0.1) is 0 Å². The molecule has 0 fully saturated rings. The normalized spacial score (nSPS) is 10.4. The van der Waals surface area contributed by atoms with Crippen LogP contribution < -0.4 is 5.32 Å². The highest BCUT2D eigenvalue weighted by Crippen LogP contribution is 2.21. The summed E-state index contributed by atoms with van der Waals surface area (Å²) >= 11 is 3.19. The minimum atomic E-state index is -0.553. The lowest BCUT2D eigenvalue weighted by molar-refractivity contribution is 0.102. The van der Waals surface area contributed by atoms with E-state index in [2.05, 4.69) is 21.2 Å². The van der Waals surface area contributed by atoms with Crippen molar-refractivity contribution in [3.8, 4) is 0 Å². The third-order valence-electron chi connectivity index (χ3n) is 3.68. The number of para-hydroxylation sites is 1. The molecule has 0 bridgehead atoms. The van der Waals surface area contributed by atoms with E-state index in [0.717, 1.165) is 11.1 Å². The average molecular weight is 384 g/mol. The van der Waals surface area contributed by atoms with Crippen LogP contribution in [-0.4, -0.2) is 5.91 Å². The SMILES string of the molecule is O=C(Nc1ccccc1Cc1ccccc1)c1ccc(Br)cc1F. The number of nitrogens with one attached hydrogen (secondary N) is 1. The van der Waals surface area contributed by atoms with Crippen LogP contribution in [0.5, 0.6) is 0 Å². The van der Waals surface area contributed by atoms with Crippen molar-refractivity contribution in [2.24, 2.45) is 0 Å². The zero-order chi connectivity index (χ0) is 16.9. The van der Waals surface area contributed by atoms with E-state index in [1.165, 1.54) is 12.1 Å². The average Bonchev–Trinajstić information content (AvgIpc) is 2.57. The molecule has 0 aliphatic rings. The number of benzene rings is 3. The lowest BCUT2D eigenvalue weighted by Crippen LogP contribution is -2.15. The standard InChI is InChI=1S/C20H15BrFNO/c21-16-10-11-17(18(22)13-16)20(24)23-19-9-5-4-8-15(19)12-14-6-2-1-3-7-14/h1-11,13H,12H2,(H,23,24). The van der Waals surface area contributed by atoms with Gasteiger partial charge in [0.2, 0.25) is 0 Å². The molecule has 0 aliphatic heterocycles. The zero-order valence-electron chi connectivity index (χ0n) is 12.8. The summed E-state index contributed by atoms with van der Waals surface area (Å²) in [6, 6.07) is 22.0. The van der Waals surface area contributed by atoms with E-state index >= 15 is 0 Å². The van der Waals surface area contributed by atoms with Crippen molar-refractivity contribution >= 4 is 27.5 Å². The van der Waals surface area contributed by atoms with Crippen molar-refractivity contribution in [2.75, 3.05) is 5.32 Å². The molecular weight excluding hydrogens is 369 g/mol. The molecule has 0 aromatic heterocycles. The van der Waals surface area contributed by atoms with Crippen LogP contribution >= 0.6 is 15.9 Å². The van der Waals surface area contributed by atoms with Crippen LogP contribution in [-0.2, 0) is 6.42 Å². The van der Waals surface area contributed by atoms with Crippen molar-refractivity contribution in [3.05, 3.63) is 99.8 Å². The Bertz CT molecular complexity index is 865. The first kappa shape index (κ1) is 16.4. The van der Waals surface area contributed by atoms with Gasteiger partial charge in [0.05, 0.1) is 5.56 Å². The maximum absolute atomic E-state index is 14.0. The van der Waals surface area contributed by atoms with Crippen molar-refractivity contribution < 1.29 is 9.18 Å². The molecule has 0 saturated heterocycles. The zero-order valence-corrected chi connectivity index (χ0v) is 14.4. The van der Waals surface area contributed by atoms with E-state index in [4.69, 9.17) is 0 Å². The van der Waals surface area contributed by atoms with Gasteiger partial charge in [0.25, 0.3) is 5.91 Å². The van der Waals surface area contributed by atoms with Crippen LogP contribution in [0, 0.1) is 5.82 Å². The summed E-state index contributed by atoms with van der Waals surface area (Å²) < 4.78 is 14.6. The maximum atomic E-state index is 14.0. The highest BCUT2D eigenvalue weighted by atomic mass is 79.9. The number of hydrogen-bond donors (Lipinski definition) is 1. The Kier molecular flexibility index (Phi) is 5.06. The van der Waals surface area contributed by atoms with E-state index in [1.807, 2.05) is 54.6 Å². The highest BCUT2D eigenvalue weighted by Gasteiger charge is 2.13. The fourth-order valence-electron chi connectivity index (χ4n) is 2.48. The Morgan fingerprint density at radius 1 is 0.958 bits per heavy atom. The number of amides is 1. The highest BCUT2D eigenvalue weighted by molar-refractivity contribution is 9.10. The Labute approximate surface area is 148 Å². The molecular formula is C20H15BrFNO. The molecule has 0 aliphatic carbocycles. The van der Waals surface area contributed by atoms with Gasteiger partial charge in [0.15, 0.2) is 0 Å². The van der Waals surface area contributed by atoms with E-state index in [9.17, 15) is 9.18 Å². The van der Waals surface area contributed by atoms with Crippen LogP contribution in [0.15, 0.2) is 77.3 Å². The van der Waals surface area contributed by atoms with Crippen LogP contribution in [0.2, 0.25) is 0 Å². The van der Waals surface area contributed by atoms with Crippen LogP contribution in [0.25, 0.3) is 0 Å². The predicted octanol–water partition coefficient (Wildman–Crippen LogP) is 5.43. The maximum Gasteiger partial charge on any atom is 0.258 e. The number of anilines is 1. The molecule has 2 nitrogen and oxygen atoms in total. The Balaban J connectivity index is 1.84. The minimum Gasteiger partial charge on any atom is -0.322 e. The van der Waals surface area contributed by atoms with Gasteiger partial charge in [-0.3, -0.25) is 4.79 Å². The molecule has 3 aromatic rings. The molecule has 0 heterocycles. The molecule has 4 heteroatoms. The number of hydrogen-bond acceptors (Lipinski definition) is 1. The molecule has 0 saturated carbocycles. The van der Waals surface area contributed by atoms with Crippen LogP contribution in [0.3, 0.4) is 0 Å². The molecule has 3 aromatic carbocycles. The van der Waals surface area contributed by atoms with Crippen LogP contribution in [0.1, 0.15) is 21.5 Å². The van der Waals surface area contributed by atoms with E-state index in [1.54, 1.807) is 6.07 Å². The lowest BCUT2D eigenvalue weighted by atomic mass is 10.0. The van der Waals surface area contributed by atoms with Crippen molar-refractivity contribution in [2.45, 2.75) is 6.42 Å². The summed E-state index contributed by atoms with van der Waals surface area (Å²) in [4.78, 5) is 12.4. The number of carbonyl (C=O) groups excluding carboxylic acids is 1. The summed E-state index contributed by atoms with van der Waals surface area (Å²) in [6.45, 7) is 0. The van der Waals surface area contributed by atoms with Gasteiger partial charge in [-0.2, -0.15) is 0 Å². The van der Waals surface area contributed by atoms with Gasteiger partial charge >= 0.3 is 0 Å². The molecule has 120 valence electrons. The number of carbonyl (C=O) groups is 1. The van der Waals surface area contributed by atoms with Crippen LogP contribution in [0.4, 0.5) is 10.1 Å². The fraction of sp³-hybridized carbons (Fsp3) is 0.0500. The third-order valence-corrected chi connectivity index (χ3v) is 4.17. The molecule has 1 amide bonds. The first-order valence-corrected chi connectivity index (χ1v) is 8.31. The third kappa shape index (κ3) is 3.89. The summed E-state index contributed by atoms with van der Waals surface area (Å²) in [5.74, 6) is -1.01. The molecule has 24 heavy (non-hydrogen) atoms. The first-order valence-electron chi connectivity index (χ1n) is 7.52. The second kappa shape index (κ2) is 7.41. The van der Waals surface area contributed by atoms with Crippen molar-refractivity contribution in [1.82, 2.24) is 0 Å². The largest absolute Gasteiger partial charge is 0.322 e. The Morgan fingerprint density at radius 2 is 1.67 bits per heavy atom. The van der Waals surface area contributed by atoms with E-state index < -0.39 is 11.7 Å². The van der Waals surface area contributed by atoms with Gasteiger partial charge in [-0.05, 0) is 41.8 Å². The van der Waals surface area contributed by atoms with Crippen molar-refractivity contribution in [3.63, 3.8) is 0 Å². The smallest absolute Gasteiger partial charge is 0.258 e. The summed E-state index contributed by atoms with van der Waals surface area (Å²) in [5, 5.41) is 2.81. The van der Waals surface area contributed by atoms with Gasteiger partial charge in [0, 0.05) is 10.2 Å². The monoisotopic (exact) mass is 383 g/mol. The second-order valence-electron chi connectivity index (χ2n) is 5.40. The topological polar surface area (TPSA) is 29.1 Å². The molecule has 3 rings (SSSR count). The fourth-order valence-corrected chi connectivity index (χ4v) is 2.81. The van der Waals surface area contributed by atoms with Gasteiger partial charge < -0.3 is 5.32 Å². The van der Waals surface area contributed by atoms with Crippen molar-refractivity contribution in [1.29, 1.82) is 0 Å². The first-order chi connectivity index (χ1) is 11.6. The number of halogens is 2. The van der Waals surface area contributed by atoms with E-state index in [0.29, 0.717) is 16.6 Å². The molecule has 0 atom stereocenters. The predicted molar refractivity (Wildman–Crippen MR) is 97.7 cm³/mol. The quantitative estimate of drug-likeness (QED) is 0.639. The summed E-state index contributed by atoms with van der Waals surface area (Å²) in [7, 11) is 0. The Hall–Kier alpha value is -2.46. The summed E-state index contributed by atoms with van der Waals surface area (Å²) in [6.07, 6.45) is 0.695. The molecule has 1 N–H and O–H groups in total. The van der Waals surface area contributed by atoms with Gasteiger partial charge in [-0.1, -0.05) is 64.5 Å².